The van der Waals surface area contributed by atoms with E-state index in [0.717, 1.165) is 0 Å². The van der Waals surface area contributed by atoms with Crippen LogP contribution in [0.25, 0.3) is 0 Å². The number of rotatable bonds is 2. The lowest BCUT2D eigenvalue weighted by Gasteiger charge is -2.25. The maximum absolute atomic E-state index is 12.4. The molecule has 0 bridgehead atoms. The van der Waals surface area contributed by atoms with Crippen LogP contribution in [0.15, 0.2) is 42.6 Å². The van der Waals surface area contributed by atoms with Crippen molar-refractivity contribution < 1.29 is 4.79 Å². The second kappa shape index (κ2) is 4.82. The Morgan fingerprint density at radius 1 is 1.21 bits per heavy atom. The molecule has 0 aliphatic carbocycles. The van der Waals surface area contributed by atoms with E-state index in [1.165, 1.54) is 11.1 Å². The minimum Gasteiger partial charge on any atom is -0.383 e. The number of nitrogens with one attached hydrogen (secondary N) is 1. The summed E-state index contributed by atoms with van der Waals surface area (Å²) >= 11 is 0. The molecule has 96 valence electrons. The molecule has 4 heteroatoms. The maximum atomic E-state index is 12.4. The zero-order valence-corrected chi connectivity index (χ0v) is 10.5. The minimum atomic E-state index is -0.221. The molecule has 19 heavy (non-hydrogen) atoms. The van der Waals surface area contributed by atoms with Crippen LogP contribution in [0, 0.1) is 0 Å². The van der Waals surface area contributed by atoms with Gasteiger partial charge in [0.05, 0.1) is 11.6 Å². The second-order valence-corrected chi connectivity index (χ2v) is 4.71. The molecule has 1 aromatic carbocycles. The summed E-state index contributed by atoms with van der Waals surface area (Å²) in [7, 11) is 0. The summed E-state index contributed by atoms with van der Waals surface area (Å²) in [5, 5.41) is 3.27. The third kappa shape index (κ3) is 2.22. The highest BCUT2D eigenvalue weighted by Crippen LogP contribution is 2.19. The first kappa shape index (κ1) is 11.9. The lowest BCUT2D eigenvalue weighted by atomic mass is 9.91. The summed E-state index contributed by atoms with van der Waals surface area (Å²) in [6, 6.07) is 11.4. The summed E-state index contributed by atoms with van der Waals surface area (Å²) in [4.78, 5) is 16.4. The van der Waals surface area contributed by atoms with Gasteiger partial charge in [-0.25, -0.2) is 4.98 Å². The van der Waals surface area contributed by atoms with Crippen molar-refractivity contribution in [3.8, 4) is 0 Å². The number of fused-ring (bicyclic) bond motifs is 1. The van der Waals surface area contributed by atoms with Crippen molar-refractivity contribution in [2.75, 3.05) is 5.73 Å². The molecule has 0 radical (unpaired) electrons. The molecule has 0 saturated carbocycles. The van der Waals surface area contributed by atoms with Crippen molar-refractivity contribution in [2.45, 2.75) is 19.0 Å². The molecule has 2 aromatic rings. The van der Waals surface area contributed by atoms with Crippen molar-refractivity contribution in [1.82, 2.24) is 10.3 Å². The van der Waals surface area contributed by atoms with Gasteiger partial charge < -0.3 is 11.1 Å². The number of carbonyl (C=O) groups excluding carboxylic acids is 1. The maximum Gasteiger partial charge on any atom is 0.183 e. The number of ketones is 1. The van der Waals surface area contributed by atoms with Crippen LogP contribution < -0.4 is 11.1 Å². The molecule has 0 saturated heterocycles. The van der Waals surface area contributed by atoms with E-state index in [4.69, 9.17) is 5.73 Å². The highest BCUT2D eigenvalue weighted by Gasteiger charge is 2.26. The number of pyridine rings is 1. The number of benzene rings is 1. The number of Topliss-reactive ketones (excluding diaryl/α,β-unsaturated/α-hetero) is 1. The van der Waals surface area contributed by atoms with Gasteiger partial charge in [-0.2, -0.15) is 0 Å². The van der Waals surface area contributed by atoms with Gasteiger partial charge in [-0.05, 0) is 29.7 Å². The van der Waals surface area contributed by atoms with Gasteiger partial charge in [0.15, 0.2) is 5.78 Å². The third-order valence-electron chi connectivity index (χ3n) is 3.50. The lowest BCUT2D eigenvalue weighted by molar-refractivity contribution is 0.0938. The van der Waals surface area contributed by atoms with E-state index >= 15 is 0 Å². The third-order valence-corrected chi connectivity index (χ3v) is 3.50. The molecule has 1 unspecified atom stereocenters. The monoisotopic (exact) mass is 253 g/mol. The van der Waals surface area contributed by atoms with Gasteiger partial charge in [0, 0.05) is 12.7 Å². The van der Waals surface area contributed by atoms with E-state index in [-0.39, 0.29) is 11.8 Å². The number of nitrogens with two attached hydrogens (primary N) is 1. The fourth-order valence-corrected chi connectivity index (χ4v) is 2.45. The predicted octanol–water partition coefficient (Wildman–Crippen LogP) is 1.56. The Balaban J connectivity index is 1.86. The van der Waals surface area contributed by atoms with Crippen LogP contribution in [0.1, 0.15) is 21.5 Å². The van der Waals surface area contributed by atoms with Crippen LogP contribution in [0.4, 0.5) is 5.82 Å². The standard InChI is InChI=1S/C15H15N3O/c16-15-12(6-3-7-17-15)14(19)13-8-10-4-1-2-5-11(10)9-18-13/h1-7,13,18H,8-9H2,(H2,16,17). The van der Waals surface area contributed by atoms with Crippen LogP contribution in [-0.4, -0.2) is 16.8 Å². The van der Waals surface area contributed by atoms with E-state index in [1.54, 1.807) is 18.3 Å². The topological polar surface area (TPSA) is 68.0 Å². The molecule has 0 amide bonds. The average molecular weight is 253 g/mol. The van der Waals surface area contributed by atoms with E-state index in [0.29, 0.717) is 24.3 Å². The Hall–Kier alpha value is -2.20. The molecule has 1 aliphatic heterocycles. The van der Waals surface area contributed by atoms with Crippen molar-refractivity contribution in [1.29, 1.82) is 0 Å². The van der Waals surface area contributed by atoms with E-state index in [1.807, 2.05) is 12.1 Å². The Kier molecular flexibility index (Phi) is 3.01. The fourth-order valence-electron chi connectivity index (χ4n) is 2.45. The number of carbonyl (C=O) groups is 1. The Morgan fingerprint density at radius 2 is 2.00 bits per heavy atom. The van der Waals surface area contributed by atoms with Crippen molar-refractivity contribution in [2.24, 2.45) is 0 Å². The number of aromatic nitrogens is 1. The Bertz CT molecular complexity index is 624. The highest BCUT2D eigenvalue weighted by molar-refractivity contribution is 6.03. The van der Waals surface area contributed by atoms with Gasteiger partial charge in [0.1, 0.15) is 5.82 Å². The Labute approximate surface area is 111 Å². The second-order valence-electron chi connectivity index (χ2n) is 4.71. The summed E-state index contributed by atoms with van der Waals surface area (Å²) in [6.07, 6.45) is 2.29. The van der Waals surface area contributed by atoms with Gasteiger partial charge >= 0.3 is 0 Å². The number of hydrogen-bond donors (Lipinski definition) is 2. The van der Waals surface area contributed by atoms with Gasteiger partial charge in [0.2, 0.25) is 0 Å². The number of nitrogen functional groups attached to an aromatic ring is 1. The lowest BCUT2D eigenvalue weighted by Crippen LogP contribution is -2.42. The molecular weight excluding hydrogens is 238 g/mol. The molecule has 0 spiro atoms. The van der Waals surface area contributed by atoms with Gasteiger partial charge in [-0.1, -0.05) is 24.3 Å². The van der Waals surface area contributed by atoms with Crippen LogP contribution >= 0.6 is 0 Å². The first-order chi connectivity index (χ1) is 9.25. The van der Waals surface area contributed by atoms with Crippen LogP contribution in [-0.2, 0) is 13.0 Å². The number of anilines is 1. The number of hydrogen-bond acceptors (Lipinski definition) is 4. The molecule has 3 N–H and O–H groups in total. The molecule has 3 rings (SSSR count). The molecule has 0 fully saturated rings. The van der Waals surface area contributed by atoms with E-state index in [2.05, 4.69) is 22.4 Å². The summed E-state index contributed by atoms with van der Waals surface area (Å²) in [5.74, 6) is 0.313. The Morgan fingerprint density at radius 3 is 2.79 bits per heavy atom. The highest BCUT2D eigenvalue weighted by atomic mass is 16.1. The summed E-state index contributed by atoms with van der Waals surface area (Å²) in [6.45, 7) is 0.715. The molecule has 1 aromatic heterocycles. The molecule has 1 aliphatic rings. The minimum absolute atomic E-state index is 0.0140. The quantitative estimate of drug-likeness (QED) is 0.797. The number of nitrogens with zero attached hydrogens (tertiary/aromatic N) is 1. The van der Waals surface area contributed by atoms with Gasteiger partial charge in [-0.15, -0.1) is 0 Å². The van der Waals surface area contributed by atoms with Crippen LogP contribution in [0.2, 0.25) is 0 Å². The first-order valence-corrected chi connectivity index (χ1v) is 6.30. The fraction of sp³-hybridized carbons (Fsp3) is 0.200. The van der Waals surface area contributed by atoms with Crippen molar-refractivity contribution >= 4 is 11.6 Å². The predicted molar refractivity (Wildman–Crippen MR) is 73.8 cm³/mol. The first-order valence-electron chi connectivity index (χ1n) is 6.30. The molecular formula is C15H15N3O. The molecule has 2 heterocycles. The smallest absolute Gasteiger partial charge is 0.183 e. The van der Waals surface area contributed by atoms with E-state index in [9.17, 15) is 4.79 Å². The van der Waals surface area contributed by atoms with Crippen molar-refractivity contribution in [3.05, 3.63) is 59.3 Å². The van der Waals surface area contributed by atoms with Crippen LogP contribution in [0.5, 0.6) is 0 Å². The molecule has 4 nitrogen and oxygen atoms in total. The van der Waals surface area contributed by atoms with Gasteiger partial charge in [0.25, 0.3) is 0 Å². The largest absolute Gasteiger partial charge is 0.383 e. The SMILES string of the molecule is Nc1ncccc1C(=O)C1Cc2ccccc2CN1. The van der Waals surface area contributed by atoms with Gasteiger partial charge in [-0.3, -0.25) is 4.79 Å². The zero-order valence-electron chi connectivity index (χ0n) is 10.5. The van der Waals surface area contributed by atoms with Crippen molar-refractivity contribution in [3.63, 3.8) is 0 Å². The summed E-state index contributed by atoms with van der Waals surface area (Å²) in [5.41, 5.74) is 8.74. The summed E-state index contributed by atoms with van der Waals surface area (Å²) < 4.78 is 0. The van der Waals surface area contributed by atoms with E-state index < -0.39 is 0 Å². The molecule has 1 atom stereocenters. The normalized spacial score (nSPS) is 17.8. The zero-order chi connectivity index (χ0) is 13.2. The average Bonchev–Trinajstić information content (AvgIpc) is 2.46. The van der Waals surface area contributed by atoms with Crippen LogP contribution in [0.3, 0.4) is 0 Å².